The molecule has 0 spiro atoms. The van der Waals surface area contributed by atoms with Crippen LogP contribution in [0.3, 0.4) is 0 Å². The van der Waals surface area contributed by atoms with Crippen LogP contribution in [0.2, 0.25) is 0 Å². The van der Waals surface area contributed by atoms with Gasteiger partial charge in [0.25, 0.3) is 0 Å². The van der Waals surface area contributed by atoms with Gasteiger partial charge in [0.1, 0.15) is 6.54 Å². The monoisotopic (exact) mass is 128 g/mol. The summed E-state index contributed by atoms with van der Waals surface area (Å²) < 4.78 is 0. The van der Waals surface area contributed by atoms with Crippen molar-refractivity contribution < 1.29 is 14.7 Å². The molecule has 1 radical (unpaired) electrons. The molecular weight excluding hydrogens is 122 g/mol. The van der Waals surface area contributed by atoms with Gasteiger partial charge in [-0.1, -0.05) is 6.58 Å². The van der Waals surface area contributed by atoms with E-state index in [1.54, 1.807) is 0 Å². The normalized spacial score (nSPS) is 8.00. The van der Waals surface area contributed by atoms with Crippen LogP contribution in [-0.2, 0) is 14.7 Å². The Bertz CT molecular complexity index is 141. The molecule has 0 rings (SSSR count). The van der Waals surface area contributed by atoms with Crippen LogP contribution in [0.5, 0.6) is 0 Å². The van der Waals surface area contributed by atoms with Crippen molar-refractivity contribution in [3.05, 3.63) is 12.7 Å². The van der Waals surface area contributed by atoms with Gasteiger partial charge in [-0.05, 0) is 6.08 Å². The van der Waals surface area contributed by atoms with Crippen molar-refractivity contribution in [2.24, 2.45) is 0 Å². The number of carbonyl (C=O) groups is 2. The molecule has 0 aromatic rings. The first-order chi connectivity index (χ1) is 4.16. The Hall–Kier alpha value is -1.32. The summed E-state index contributed by atoms with van der Waals surface area (Å²) in [5, 5.41) is 11.7. The van der Waals surface area contributed by atoms with Crippen molar-refractivity contribution in [2.75, 3.05) is 6.54 Å². The van der Waals surface area contributed by atoms with Crippen molar-refractivity contribution in [2.45, 2.75) is 0 Å². The minimum atomic E-state index is -1.31. The third-order valence-corrected chi connectivity index (χ3v) is 0.592. The summed E-state index contributed by atoms with van der Waals surface area (Å²) >= 11 is 0. The van der Waals surface area contributed by atoms with E-state index in [0.29, 0.717) is 0 Å². The van der Waals surface area contributed by atoms with Crippen LogP contribution in [0.25, 0.3) is 0 Å². The molecule has 1 amide bonds. The number of amides is 1. The molecule has 0 aromatic carbocycles. The quantitative estimate of drug-likeness (QED) is 0.508. The predicted molar refractivity (Wildman–Crippen MR) is 28.9 cm³/mol. The summed E-state index contributed by atoms with van der Waals surface area (Å²) in [5.74, 6) is -1.83. The average molecular weight is 128 g/mol. The zero-order chi connectivity index (χ0) is 7.28. The molecule has 49 valence electrons. The van der Waals surface area contributed by atoms with Gasteiger partial charge >= 0.3 is 5.97 Å². The largest absolute Gasteiger partial charge is 0.374 e. The third-order valence-electron chi connectivity index (χ3n) is 0.592. The van der Waals surface area contributed by atoms with Crippen molar-refractivity contribution in [1.82, 2.24) is 5.32 Å². The minimum absolute atomic E-state index is 0.467. The van der Waals surface area contributed by atoms with Crippen LogP contribution in [0.1, 0.15) is 0 Å². The molecule has 0 saturated carbocycles. The van der Waals surface area contributed by atoms with Crippen molar-refractivity contribution in [3.63, 3.8) is 0 Å². The van der Waals surface area contributed by atoms with Gasteiger partial charge in [0.15, 0.2) is 0 Å². The highest BCUT2D eigenvalue weighted by Crippen LogP contribution is 1.65. The minimum Gasteiger partial charge on any atom is -0.342 e. The fourth-order valence-corrected chi connectivity index (χ4v) is 0.231. The van der Waals surface area contributed by atoms with Crippen LogP contribution in [-0.4, -0.2) is 18.4 Å². The Balaban J connectivity index is 3.39. The first-order valence-corrected chi connectivity index (χ1v) is 2.27. The van der Waals surface area contributed by atoms with Gasteiger partial charge in [-0.15, -0.1) is 0 Å². The standard InChI is InChI=1S/C5H6NO3/c1-2-4(7)6-3-5(8)9/h2H,1,3H2,(H,6,7). The second-order valence-corrected chi connectivity index (χ2v) is 1.29. The highest BCUT2D eigenvalue weighted by Gasteiger charge is 1.99. The summed E-state index contributed by atoms with van der Waals surface area (Å²) in [6.45, 7) is 2.65. The van der Waals surface area contributed by atoms with Crippen LogP contribution in [0, 0.1) is 0 Å². The van der Waals surface area contributed by atoms with Crippen molar-refractivity contribution in [3.8, 4) is 0 Å². The average Bonchev–Trinajstić information content (AvgIpc) is 1.83. The SMILES string of the molecule is C=CC(=O)NCC([O])=O. The van der Waals surface area contributed by atoms with Crippen molar-refractivity contribution >= 4 is 11.9 Å². The van der Waals surface area contributed by atoms with E-state index in [9.17, 15) is 14.7 Å². The number of hydrogen-bond acceptors (Lipinski definition) is 2. The van der Waals surface area contributed by atoms with Crippen molar-refractivity contribution in [1.29, 1.82) is 0 Å². The molecular formula is C5H6NO3. The molecule has 0 atom stereocenters. The fraction of sp³-hybridized carbons (Fsp3) is 0.200. The van der Waals surface area contributed by atoms with Crippen LogP contribution in [0.15, 0.2) is 12.7 Å². The summed E-state index contributed by atoms with van der Waals surface area (Å²) in [6, 6.07) is 0. The van der Waals surface area contributed by atoms with E-state index < -0.39 is 18.4 Å². The van der Waals surface area contributed by atoms with E-state index in [1.165, 1.54) is 0 Å². The molecule has 0 aromatic heterocycles. The number of carbonyl (C=O) groups excluding carboxylic acids is 2. The maximum absolute atomic E-state index is 10.2. The van der Waals surface area contributed by atoms with E-state index in [4.69, 9.17) is 0 Å². The Kier molecular flexibility index (Phi) is 3.12. The Morgan fingerprint density at radius 3 is 2.44 bits per heavy atom. The lowest BCUT2D eigenvalue weighted by Gasteiger charge is -1.91. The molecule has 0 saturated heterocycles. The summed E-state index contributed by atoms with van der Waals surface area (Å²) in [6.07, 6.45) is 0.989. The van der Waals surface area contributed by atoms with Gasteiger partial charge in [-0.25, -0.2) is 9.90 Å². The number of nitrogens with one attached hydrogen (secondary N) is 1. The molecule has 0 aliphatic carbocycles. The topological polar surface area (TPSA) is 66.1 Å². The Morgan fingerprint density at radius 2 is 2.11 bits per heavy atom. The molecule has 1 N–H and O–H groups in total. The molecule has 0 heterocycles. The maximum Gasteiger partial charge on any atom is 0.374 e. The Morgan fingerprint density at radius 1 is 1.56 bits per heavy atom. The lowest BCUT2D eigenvalue weighted by Crippen LogP contribution is -2.26. The summed E-state index contributed by atoms with van der Waals surface area (Å²) in [7, 11) is 0. The zero-order valence-corrected chi connectivity index (χ0v) is 4.72. The van der Waals surface area contributed by atoms with Crippen LogP contribution in [0.4, 0.5) is 0 Å². The number of hydrogen-bond donors (Lipinski definition) is 1. The molecule has 0 bridgehead atoms. The summed E-state index contributed by atoms with van der Waals surface area (Å²) in [4.78, 5) is 19.9. The first kappa shape index (κ1) is 7.68. The molecule has 4 nitrogen and oxygen atoms in total. The molecule has 9 heavy (non-hydrogen) atoms. The highest BCUT2D eigenvalue weighted by atomic mass is 16.4. The molecule has 0 unspecified atom stereocenters. The van der Waals surface area contributed by atoms with E-state index in [1.807, 2.05) is 5.32 Å². The van der Waals surface area contributed by atoms with Crippen LogP contribution < -0.4 is 5.32 Å². The predicted octanol–water partition coefficient (Wildman–Crippen LogP) is -0.754. The van der Waals surface area contributed by atoms with Gasteiger partial charge in [0.05, 0.1) is 0 Å². The zero-order valence-electron chi connectivity index (χ0n) is 4.72. The lowest BCUT2D eigenvalue weighted by atomic mass is 10.5. The first-order valence-electron chi connectivity index (χ1n) is 2.27. The summed E-state index contributed by atoms with van der Waals surface area (Å²) in [5.41, 5.74) is 0. The molecule has 0 aliphatic rings. The fourth-order valence-electron chi connectivity index (χ4n) is 0.231. The second kappa shape index (κ2) is 3.65. The van der Waals surface area contributed by atoms with Crippen LogP contribution >= 0.6 is 0 Å². The van der Waals surface area contributed by atoms with E-state index >= 15 is 0 Å². The molecule has 4 heteroatoms. The second-order valence-electron chi connectivity index (χ2n) is 1.29. The van der Waals surface area contributed by atoms with Gasteiger partial charge < -0.3 is 5.32 Å². The van der Waals surface area contributed by atoms with E-state index in [-0.39, 0.29) is 0 Å². The van der Waals surface area contributed by atoms with Gasteiger partial charge in [0, 0.05) is 0 Å². The third kappa shape index (κ3) is 4.53. The smallest absolute Gasteiger partial charge is 0.342 e. The molecule has 0 fully saturated rings. The Labute approximate surface area is 52.2 Å². The van der Waals surface area contributed by atoms with Gasteiger partial charge in [0.2, 0.25) is 5.91 Å². The highest BCUT2D eigenvalue weighted by molar-refractivity contribution is 5.89. The maximum atomic E-state index is 10.2. The van der Waals surface area contributed by atoms with Gasteiger partial charge in [-0.2, -0.15) is 0 Å². The number of rotatable bonds is 3. The van der Waals surface area contributed by atoms with E-state index in [2.05, 4.69) is 6.58 Å². The van der Waals surface area contributed by atoms with Gasteiger partial charge in [-0.3, -0.25) is 4.79 Å². The molecule has 0 aliphatic heterocycles. The lowest BCUT2D eigenvalue weighted by molar-refractivity contribution is -0.143. The van der Waals surface area contributed by atoms with E-state index in [0.717, 1.165) is 6.08 Å².